The van der Waals surface area contributed by atoms with Gasteiger partial charge in [0.15, 0.2) is 9.84 Å². The molecule has 1 aromatic carbocycles. The Kier molecular flexibility index (Phi) is 6.64. The summed E-state index contributed by atoms with van der Waals surface area (Å²) < 4.78 is 24.1. The molecule has 0 spiro atoms. The molecule has 0 amide bonds. The Morgan fingerprint density at radius 1 is 1.00 bits per heavy atom. The lowest BCUT2D eigenvalue weighted by Gasteiger charge is -2.04. The summed E-state index contributed by atoms with van der Waals surface area (Å²) in [6, 6.07) is 5.08. The standard InChI is InChI=1S/C14H21NO4S/c1-2-3-4-5-6-7-12-20(18,19)14-10-8-13(9-11-14)15(16)17/h8-11H,2-7,12H2,1H3. The first-order chi connectivity index (χ1) is 9.47. The molecular formula is C14H21NO4S. The number of hydrogen-bond donors (Lipinski definition) is 0. The van der Waals surface area contributed by atoms with Crippen LogP contribution in [0.1, 0.15) is 45.4 Å². The first-order valence-electron chi connectivity index (χ1n) is 6.94. The molecule has 20 heavy (non-hydrogen) atoms. The Morgan fingerprint density at radius 3 is 2.10 bits per heavy atom. The molecule has 1 aromatic rings. The Balaban J connectivity index is 2.49. The summed E-state index contributed by atoms with van der Waals surface area (Å²) in [7, 11) is -3.32. The number of non-ortho nitro benzene ring substituents is 1. The fraction of sp³-hybridized carbons (Fsp3) is 0.571. The number of nitrogens with zero attached hydrogens (tertiary/aromatic N) is 1. The van der Waals surface area contributed by atoms with Gasteiger partial charge >= 0.3 is 0 Å². The lowest BCUT2D eigenvalue weighted by atomic mass is 10.1. The summed E-state index contributed by atoms with van der Waals surface area (Å²) in [5.74, 6) is 0.108. The predicted octanol–water partition coefficient (Wildman–Crippen LogP) is 3.73. The highest BCUT2D eigenvalue weighted by Gasteiger charge is 2.15. The van der Waals surface area contributed by atoms with Gasteiger partial charge in [0.05, 0.1) is 15.6 Å². The normalized spacial score (nSPS) is 11.4. The van der Waals surface area contributed by atoms with E-state index in [1.807, 2.05) is 0 Å². The summed E-state index contributed by atoms with van der Waals surface area (Å²) in [4.78, 5) is 10.1. The molecule has 0 fully saturated rings. The van der Waals surface area contributed by atoms with Crippen molar-refractivity contribution in [1.29, 1.82) is 0 Å². The van der Waals surface area contributed by atoms with E-state index < -0.39 is 14.8 Å². The summed E-state index contributed by atoms with van der Waals surface area (Å²) in [5.41, 5.74) is -0.0940. The molecule has 0 saturated carbocycles. The average Bonchev–Trinajstić information content (AvgIpc) is 2.43. The van der Waals surface area contributed by atoms with Crippen LogP contribution in [0.4, 0.5) is 5.69 Å². The van der Waals surface area contributed by atoms with E-state index >= 15 is 0 Å². The maximum atomic E-state index is 12.0. The van der Waals surface area contributed by atoms with Gasteiger partial charge in [-0.25, -0.2) is 8.42 Å². The van der Waals surface area contributed by atoms with Crippen molar-refractivity contribution in [2.24, 2.45) is 0 Å². The molecule has 5 nitrogen and oxygen atoms in total. The lowest BCUT2D eigenvalue weighted by Crippen LogP contribution is -2.06. The molecular weight excluding hydrogens is 278 g/mol. The van der Waals surface area contributed by atoms with Crippen LogP contribution in [0.5, 0.6) is 0 Å². The number of benzene rings is 1. The molecule has 0 aliphatic rings. The first kappa shape index (κ1) is 16.6. The van der Waals surface area contributed by atoms with E-state index in [0.717, 1.165) is 19.3 Å². The summed E-state index contributed by atoms with van der Waals surface area (Å²) in [5, 5.41) is 10.5. The van der Waals surface area contributed by atoms with E-state index in [1.54, 1.807) is 0 Å². The minimum atomic E-state index is -3.32. The Hall–Kier alpha value is -1.43. The smallest absolute Gasteiger partial charge is 0.258 e. The SMILES string of the molecule is CCCCCCCCS(=O)(=O)c1ccc([N+](=O)[O-])cc1. The van der Waals surface area contributed by atoms with Crippen LogP contribution in [0, 0.1) is 10.1 Å². The molecule has 0 atom stereocenters. The van der Waals surface area contributed by atoms with Crippen LogP contribution in [0.2, 0.25) is 0 Å². The van der Waals surface area contributed by atoms with Crippen LogP contribution >= 0.6 is 0 Å². The number of unbranched alkanes of at least 4 members (excludes halogenated alkanes) is 5. The van der Waals surface area contributed by atoms with Gasteiger partial charge in [-0.05, 0) is 18.6 Å². The number of nitro benzene ring substituents is 1. The Morgan fingerprint density at radius 2 is 1.55 bits per heavy atom. The highest BCUT2D eigenvalue weighted by molar-refractivity contribution is 7.91. The van der Waals surface area contributed by atoms with Crippen molar-refractivity contribution >= 4 is 15.5 Å². The number of hydrogen-bond acceptors (Lipinski definition) is 4. The van der Waals surface area contributed by atoms with Crippen molar-refractivity contribution in [3.63, 3.8) is 0 Å². The van der Waals surface area contributed by atoms with E-state index in [-0.39, 0.29) is 16.3 Å². The summed E-state index contributed by atoms with van der Waals surface area (Å²) >= 11 is 0. The Bertz CT molecular complexity index is 523. The van der Waals surface area contributed by atoms with Crippen molar-refractivity contribution < 1.29 is 13.3 Å². The van der Waals surface area contributed by atoms with Crippen LogP contribution < -0.4 is 0 Å². The van der Waals surface area contributed by atoms with Crippen LogP contribution in [0.15, 0.2) is 29.2 Å². The molecule has 0 bridgehead atoms. The topological polar surface area (TPSA) is 77.3 Å². The lowest BCUT2D eigenvalue weighted by molar-refractivity contribution is -0.384. The van der Waals surface area contributed by atoms with Gasteiger partial charge in [0.2, 0.25) is 0 Å². The highest BCUT2D eigenvalue weighted by Crippen LogP contribution is 2.18. The molecule has 0 saturated heterocycles. The molecule has 1 rings (SSSR count). The third kappa shape index (κ3) is 5.28. The van der Waals surface area contributed by atoms with Crippen LogP contribution in [0.25, 0.3) is 0 Å². The van der Waals surface area contributed by atoms with Gasteiger partial charge in [0.1, 0.15) is 0 Å². The second-order valence-electron chi connectivity index (χ2n) is 4.84. The van der Waals surface area contributed by atoms with Crippen molar-refractivity contribution in [2.45, 2.75) is 50.3 Å². The second kappa shape index (κ2) is 7.99. The van der Waals surface area contributed by atoms with Gasteiger partial charge in [0, 0.05) is 12.1 Å². The fourth-order valence-electron chi connectivity index (χ4n) is 1.97. The van der Waals surface area contributed by atoms with Gasteiger partial charge in [-0.1, -0.05) is 39.0 Å². The molecule has 0 aromatic heterocycles. The monoisotopic (exact) mass is 299 g/mol. The van der Waals surface area contributed by atoms with Crippen molar-refractivity contribution in [1.82, 2.24) is 0 Å². The predicted molar refractivity (Wildman–Crippen MR) is 78.5 cm³/mol. The van der Waals surface area contributed by atoms with E-state index in [2.05, 4.69) is 6.92 Å². The van der Waals surface area contributed by atoms with Crippen LogP contribution in [0.3, 0.4) is 0 Å². The molecule has 0 aliphatic heterocycles. The molecule has 0 heterocycles. The molecule has 0 N–H and O–H groups in total. The minimum absolute atomic E-state index is 0.0940. The van der Waals surface area contributed by atoms with Crippen molar-refractivity contribution in [3.05, 3.63) is 34.4 Å². The zero-order valence-electron chi connectivity index (χ0n) is 11.7. The largest absolute Gasteiger partial charge is 0.269 e. The third-order valence-corrected chi connectivity index (χ3v) is 4.99. The first-order valence-corrected chi connectivity index (χ1v) is 8.60. The van der Waals surface area contributed by atoms with E-state index in [9.17, 15) is 18.5 Å². The molecule has 112 valence electrons. The molecule has 0 radical (unpaired) electrons. The number of sulfone groups is 1. The van der Waals surface area contributed by atoms with Gasteiger partial charge in [0.25, 0.3) is 5.69 Å². The molecule has 0 aliphatic carbocycles. The fourth-order valence-corrected chi connectivity index (χ4v) is 3.34. The quantitative estimate of drug-likeness (QED) is 0.395. The van der Waals surface area contributed by atoms with Gasteiger partial charge in [-0.3, -0.25) is 10.1 Å². The highest BCUT2D eigenvalue weighted by atomic mass is 32.2. The van der Waals surface area contributed by atoms with Gasteiger partial charge in [-0.15, -0.1) is 0 Å². The Labute approximate surface area is 120 Å². The van der Waals surface area contributed by atoms with E-state index in [4.69, 9.17) is 0 Å². The zero-order valence-corrected chi connectivity index (χ0v) is 12.6. The molecule has 0 unspecified atom stereocenters. The van der Waals surface area contributed by atoms with Crippen molar-refractivity contribution in [2.75, 3.05) is 5.75 Å². The minimum Gasteiger partial charge on any atom is -0.258 e. The molecule has 6 heteroatoms. The number of rotatable bonds is 9. The summed E-state index contributed by atoms with van der Waals surface area (Å²) in [6.45, 7) is 2.14. The van der Waals surface area contributed by atoms with Crippen LogP contribution in [-0.2, 0) is 9.84 Å². The zero-order chi connectivity index (χ0) is 15.0. The van der Waals surface area contributed by atoms with E-state index in [0.29, 0.717) is 6.42 Å². The van der Waals surface area contributed by atoms with Crippen molar-refractivity contribution in [3.8, 4) is 0 Å². The average molecular weight is 299 g/mol. The maximum Gasteiger partial charge on any atom is 0.269 e. The van der Waals surface area contributed by atoms with Crippen LogP contribution in [-0.4, -0.2) is 19.1 Å². The van der Waals surface area contributed by atoms with Gasteiger partial charge < -0.3 is 0 Å². The summed E-state index contributed by atoms with van der Waals surface area (Å²) in [6.07, 6.45) is 6.11. The van der Waals surface area contributed by atoms with Gasteiger partial charge in [-0.2, -0.15) is 0 Å². The maximum absolute atomic E-state index is 12.0. The number of nitro groups is 1. The third-order valence-electron chi connectivity index (χ3n) is 3.17. The second-order valence-corrected chi connectivity index (χ2v) is 6.95. The van der Waals surface area contributed by atoms with E-state index in [1.165, 1.54) is 37.1 Å².